The average Bonchev–Trinajstić information content (AvgIpc) is 3.45. The number of aromatic nitrogens is 2. The molecule has 0 fully saturated rings. The monoisotopic (exact) mass is 449 g/mol. The number of nitrogens with zero attached hydrogens (tertiary/aromatic N) is 1. The Hall–Kier alpha value is -3.65. The first-order chi connectivity index (χ1) is 15.6. The van der Waals surface area contributed by atoms with Gasteiger partial charge in [-0.2, -0.15) is 0 Å². The Bertz CT molecular complexity index is 1230. The molecule has 1 atom stereocenters. The minimum absolute atomic E-state index is 0.0774. The van der Waals surface area contributed by atoms with Crippen molar-refractivity contribution in [2.75, 3.05) is 14.2 Å². The molecule has 0 saturated heterocycles. The summed E-state index contributed by atoms with van der Waals surface area (Å²) in [4.78, 5) is 32.8. The van der Waals surface area contributed by atoms with E-state index in [4.69, 9.17) is 9.47 Å². The zero-order valence-corrected chi connectivity index (χ0v) is 18.6. The fraction of sp³-hybridized carbons (Fsp3) is 0.208. The number of hydrogen-bond acceptors (Lipinski definition) is 6. The van der Waals surface area contributed by atoms with Crippen molar-refractivity contribution < 1.29 is 19.1 Å². The van der Waals surface area contributed by atoms with Crippen molar-refractivity contribution in [3.05, 3.63) is 71.4 Å². The minimum Gasteiger partial charge on any atom is -0.497 e. The average molecular weight is 450 g/mol. The zero-order valence-electron chi connectivity index (χ0n) is 17.8. The number of H-pyrrole nitrogens is 1. The number of amides is 1. The van der Waals surface area contributed by atoms with Gasteiger partial charge < -0.3 is 19.8 Å². The lowest BCUT2D eigenvalue weighted by atomic mass is 10.0. The van der Waals surface area contributed by atoms with Crippen molar-refractivity contribution in [1.29, 1.82) is 0 Å². The maximum Gasteiger partial charge on any atom is 0.328 e. The molecule has 8 heteroatoms. The molecule has 1 unspecified atom stereocenters. The lowest BCUT2D eigenvalue weighted by molar-refractivity contribution is -0.145. The van der Waals surface area contributed by atoms with Crippen LogP contribution >= 0.6 is 11.3 Å². The van der Waals surface area contributed by atoms with Crippen LogP contribution in [-0.4, -0.2) is 42.1 Å². The number of ether oxygens (including phenoxy) is 2. The predicted octanol–water partition coefficient (Wildman–Crippen LogP) is 3.74. The number of aromatic amines is 1. The van der Waals surface area contributed by atoms with E-state index in [9.17, 15) is 9.59 Å². The third kappa shape index (κ3) is 4.81. The highest BCUT2D eigenvalue weighted by Crippen LogP contribution is 2.26. The number of fused-ring (bicyclic) bond motifs is 1. The van der Waals surface area contributed by atoms with Gasteiger partial charge in [0.25, 0.3) is 0 Å². The Morgan fingerprint density at radius 3 is 2.66 bits per heavy atom. The summed E-state index contributed by atoms with van der Waals surface area (Å²) in [5.74, 6) is 0.00149. The van der Waals surface area contributed by atoms with Gasteiger partial charge in [-0.15, -0.1) is 11.3 Å². The number of esters is 1. The molecule has 1 amide bonds. The molecule has 0 aliphatic carbocycles. The van der Waals surface area contributed by atoms with Gasteiger partial charge in [-0.25, -0.2) is 9.78 Å². The number of benzene rings is 2. The standard InChI is InChI=1S/C24H23N3O4S/c1-30-18-9-7-15(8-10-18)23-26-17(14-32-23)12-22(28)27-21(24(29)31-2)11-16-13-25-20-6-4-3-5-19(16)20/h3-10,13-14,21,25H,11-12H2,1-2H3,(H,27,28). The van der Waals surface area contributed by atoms with Gasteiger partial charge in [0.05, 0.1) is 26.3 Å². The number of carbonyl (C=O) groups excluding carboxylic acids is 2. The molecule has 7 nitrogen and oxygen atoms in total. The molecule has 0 radical (unpaired) electrons. The topological polar surface area (TPSA) is 93.3 Å². The van der Waals surface area contributed by atoms with Crippen LogP contribution in [0.4, 0.5) is 0 Å². The molecule has 0 bridgehead atoms. The summed E-state index contributed by atoms with van der Waals surface area (Å²) in [5, 5.41) is 6.49. The second kappa shape index (κ2) is 9.65. The second-order valence-electron chi connectivity index (χ2n) is 7.26. The van der Waals surface area contributed by atoms with E-state index in [1.165, 1.54) is 18.4 Å². The molecule has 2 aromatic carbocycles. The highest BCUT2D eigenvalue weighted by molar-refractivity contribution is 7.13. The Morgan fingerprint density at radius 2 is 1.91 bits per heavy atom. The van der Waals surface area contributed by atoms with Crippen LogP contribution in [0.1, 0.15) is 11.3 Å². The van der Waals surface area contributed by atoms with Crippen LogP contribution in [0.15, 0.2) is 60.1 Å². The first-order valence-corrected chi connectivity index (χ1v) is 11.0. The zero-order chi connectivity index (χ0) is 22.5. The number of carbonyl (C=O) groups is 2. The summed E-state index contributed by atoms with van der Waals surface area (Å²) in [5.41, 5.74) is 3.51. The molecule has 2 aromatic heterocycles. The van der Waals surface area contributed by atoms with E-state index in [1.54, 1.807) is 7.11 Å². The molecule has 0 aliphatic heterocycles. The predicted molar refractivity (Wildman–Crippen MR) is 124 cm³/mol. The molecular formula is C24H23N3O4S. The SMILES string of the molecule is COC(=O)C(Cc1c[nH]c2ccccc12)NC(=O)Cc1csc(-c2ccc(OC)cc2)n1. The van der Waals surface area contributed by atoms with Gasteiger partial charge in [-0.05, 0) is 35.9 Å². The summed E-state index contributed by atoms with van der Waals surface area (Å²) in [7, 11) is 2.94. The highest BCUT2D eigenvalue weighted by Gasteiger charge is 2.23. The molecule has 164 valence electrons. The summed E-state index contributed by atoms with van der Waals surface area (Å²) >= 11 is 1.47. The summed E-state index contributed by atoms with van der Waals surface area (Å²) in [6, 6.07) is 14.6. The van der Waals surface area contributed by atoms with E-state index in [1.807, 2.05) is 60.1 Å². The van der Waals surface area contributed by atoms with E-state index in [2.05, 4.69) is 15.3 Å². The second-order valence-corrected chi connectivity index (χ2v) is 8.11. The van der Waals surface area contributed by atoms with Crippen LogP contribution in [0.2, 0.25) is 0 Å². The smallest absolute Gasteiger partial charge is 0.328 e. The maximum atomic E-state index is 12.7. The number of nitrogens with one attached hydrogen (secondary N) is 2. The quantitative estimate of drug-likeness (QED) is 0.400. The van der Waals surface area contributed by atoms with Gasteiger partial charge in [-0.1, -0.05) is 18.2 Å². The molecule has 4 aromatic rings. The lowest BCUT2D eigenvalue weighted by Crippen LogP contribution is -2.43. The largest absolute Gasteiger partial charge is 0.497 e. The van der Waals surface area contributed by atoms with Gasteiger partial charge in [0, 0.05) is 34.5 Å². The molecule has 32 heavy (non-hydrogen) atoms. The lowest BCUT2D eigenvalue weighted by Gasteiger charge is -2.16. The number of thiazole rings is 1. The van der Waals surface area contributed by atoms with Gasteiger partial charge in [0.1, 0.15) is 16.8 Å². The third-order valence-electron chi connectivity index (χ3n) is 5.15. The Morgan fingerprint density at radius 1 is 1.12 bits per heavy atom. The molecule has 0 saturated carbocycles. The van der Waals surface area contributed by atoms with Gasteiger partial charge in [-0.3, -0.25) is 4.79 Å². The summed E-state index contributed by atoms with van der Waals surface area (Å²) in [6.45, 7) is 0. The first-order valence-electron chi connectivity index (χ1n) is 10.1. The normalized spacial score (nSPS) is 11.8. The summed E-state index contributed by atoms with van der Waals surface area (Å²) in [6.07, 6.45) is 2.26. The maximum absolute atomic E-state index is 12.7. The van der Waals surface area contributed by atoms with Crippen molar-refractivity contribution in [3.8, 4) is 16.3 Å². The molecule has 2 heterocycles. The summed E-state index contributed by atoms with van der Waals surface area (Å²) < 4.78 is 10.1. The number of methoxy groups -OCH3 is 2. The van der Waals surface area contributed by atoms with Crippen LogP contribution in [0, 0.1) is 0 Å². The molecule has 2 N–H and O–H groups in total. The number of rotatable bonds is 8. The van der Waals surface area contributed by atoms with Crippen LogP contribution in [0.3, 0.4) is 0 Å². The van der Waals surface area contributed by atoms with Gasteiger partial charge in [0.2, 0.25) is 5.91 Å². The van der Waals surface area contributed by atoms with E-state index in [-0.39, 0.29) is 12.3 Å². The number of hydrogen-bond donors (Lipinski definition) is 2. The molecule has 0 aliphatic rings. The van der Waals surface area contributed by atoms with Crippen LogP contribution in [0.5, 0.6) is 5.75 Å². The fourth-order valence-electron chi connectivity index (χ4n) is 3.52. The van der Waals surface area contributed by atoms with E-state index >= 15 is 0 Å². The van der Waals surface area contributed by atoms with Crippen LogP contribution in [0.25, 0.3) is 21.5 Å². The van der Waals surface area contributed by atoms with Crippen molar-refractivity contribution >= 4 is 34.1 Å². The minimum atomic E-state index is -0.786. The Kier molecular flexibility index (Phi) is 6.51. The first kappa shape index (κ1) is 21.6. The fourth-order valence-corrected chi connectivity index (χ4v) is 4.35. The Labute approximate surface area is 189 Å². The molecule has 0 spiro atoms. The van der Waals surface area contributed by atoms with E-state index in [0.29, 0.717) is 12.1 Å². The van der Waals surface area contributed by atoms with Gasteiger partial charge >= 0.3 is 5.97 Å². The van der Waals surface area contributed by atoms with Crippen LogP contribution in [-0.2, 0) is 27.2 Å². The van der Waals surface area contributed by atoms with Crippen molar-refractivity contribution in [2.24, 2.45) is 0 Å². The van der Waals surface area contributed by atoms with E-state index in [0.717, 1.165) is 32.8 Å². The van der Waals surface area contributed by atoms with Crippen molar-refractivity contribution in [1.82, 2.24) is 15.3 Å². The van der Waals surface area contributed by atoms with Crippen molar-refractivity contribution in [3.63, 3.8) is 0 Å². The highest BCUT2D eigenvalue weighted by atomic mass is 32.1. The van der Waals surface area contributed by atoms with Gasteiger partial charge in [0.15, 0.2) is 0 Å². The van der Waals surface area contributed by atoms with Crippen LogP contribution < -0.4 is 10.1 Å². The number of para-hydroxylation sites is 1. The van der Waals surface area contributed by atoms with Crippen molar-refractivity contribution in [2.45, 2.75) is 18.9 Å². The van der Waals surface area contributed by atoms with E-state index < -0.39 is 12.0 Å². The third-order valence-corrected chi connectivity index (χ3v) is 6.09. The Balaban J connectivity index is 1.43. The molecule has 4 rings (SSSR count). The molecular weight excluding hydrogens is 426 g/mol.